The number of hydrogen-bond donors (Lipinski definition) is 2. The number of benzene rings is 1. The highest BCUT2D eigenvalue weighted by Gasteiger charge is 2.25. The Kier molecular flexibility index (Phi) is 6.04. The van der Waals surface area contributed by atoms with Gasteiger partial charge < -0.3 is 5.11 Å². The van der Waals surface area contributed by atoms with Crippen LogP contribution in [0.25, 0.3) is 0 Å². The van der Waals surface area contributed by atoms with Crippen LogP contribution in [0.4, 0.5) is 0 Å². The molecule has 0 aliphatic rings. The second-order valence-corrected chi connectivity index (χ2v) is 6.45. The van der Waals surface area contributed by atoms with Crippen molar-refractivity contribution in [2.75, 3.05) is 0 Å². The number of carboxylic acids is 1. The van der Waals surface area contributed by atoms with Crippen LogP contribution >= 0.6 is 0 Å². The van der Waals surface area contributed by atoms with E-state index < -0.39 is 22.0 Å². The van der Waals surface area contributed by atoms with Gasteiger partial charge in [0.15, 0.2) is 5.78 Å². The van der Waals surface area contributed by atoms with Crippen LogP contribution in [0.1, 0.15) is 43.5 Å². The smallest absolute Gasteiger partial charge is 0.321 e. The molecule has 0 aromatic heterocycles. The van der Waals surface area contributed by atoms with Crippen molar-refractivity contribution >= 4 is 21.8 Å². The van der Waals surface area contributed by atoms with Gasteiger partial charge in [-0.2, -0.15) is 4.72 Å². The molecule has 1 aromatic rings. The Hall–Kier alpha value is -1.73. The van der Waals surface area contributed by atoms with Crippen molar-refractivity contribution in [2.24, 2.45) is 0 Å². The van der Waals surface area contributed by atoms with Gasteiger partial charge in [0, 0.05) is 5.56 Å². The van der Waals surface area contributed by atoms with Gasteiger partial charge in [-0.25, -0.2) is 8.42 Å². The van der Waals surface area contributed by atoms with E-state index in [-0.39, 0.29) is 22.7 Å². The zero-order chi connectivity index (χ0) is 16.0. The van der Waals surface area contributed by atoms with Crippen LogP contribution in [0.15, 0.2) is 29.2 Å². The van der Waals surface area contributed by atoms with Crippen molar-refractivity contribution in [3.63, 3.8) is 0 Å². The fourth-order valence-corrected chi connectivity index (χ4v) is 3.05. The van der Waals surface area contributed by atoms with Gasteiger partial charge in [0.2, 0.25) is 10.0 Å². The number of aliphatic carboxylic acids is 1. The minimum atomic E-state index is -3.97. The van der Waals surface area contributed by atoms with Crippen LogP contribution in [-0.2, 0) is 14.8 Å². The summed E-state index contributed by atoms with van der Waals surface area (Å²) in [4.78, 5) is 22.3. The molecule has 0 aliphatic carbocycles. The number of carbonyl (C=O) groups excluding carboxylic acids is 1. The summed E-state index contributed by atoms with van der Waals surface area (Å²) in [6, 6.07) is 4.35. The Morgan fingerprint density at radius 3 is 2.52 bits per heavy atom. The van der Waals surface area contributed by atoms with Gasteiger partial charge in [-0.3, -0.25) is 9.59 Å². The van der Waals surface area contributed by atoms with Crippen LogP contribution in [0.3, 0.4) is 0 Å². The van der Waals surface area contributed by atoms with E-state index >= 15 is 0 Å². The van der Waals surface area contributed by atoms with Crippen molar-refractivity contribution in [3.05, 3.63) is 29.8 Å². The highest BCUT2D eigenvalue weighted by molar-refractivity contribution is 7.89. The maximum absolute atomic E-state index is 12.2. The summed E-state index contributed by atoms with van der Waals surface area (Å²) in [7, 11) is -3.97. The van der Waals surface area contributed by atoms with E-state index in [1.807, 2.05) is 6.92 Å². The third-order valence-electron chi connectivity index (χ3n) is 2.99. The van der Waals surface area contributed by atoms with E-state index in [1.165, 1.54) is 31.2 Å². The summed E-state index contributed by atoms with van der Waals surface area (Å²) in [6.45, 7) is 3.23. The SMILES string of the molecule is CCCC[C@H](NS(=O)(=O)c1cccc(C(C)=O)c1)C(=O)O. The Labute approximate surface area is 124 Å². The highest BCUT2D eigenvalue weighted by atomic mass is 32.2. The number of sulfonamides is 1. The molecule has 0 amide bonds. The van der Waals surface area contributed by atoms with Gasteiger partial charge >= 0.3 is 5.97 Å². The largest absolute Gasteiger partial charge is 0.480 e. The molecule has 0 spiro atoms. The van der Waals surface area contributed by atoms with Crippen LogP contribution in [-0.4, -0.2) is 31.3 Å². The van der Waals surface area contributed by atoms with Crippen LogP contribution in [0.5, 0.6) is 0 Å². The van der Waals surface area contributed by atoms with Gasteiger partial charge in [-0.05, 0) is 25.5 Å². The van der Waals surface area contributed by atoms with Crippen LogP contribution in [0.2, 0.25) is 0 Å². The number of rotatable bonds is 8. The molecule has 6 nitrogen and oxygen atoms in total. The van der Waals surface area contributed by atoms with Gasteiger partial charge in [-0.15, -0.1) is 0 Å². The molecule has 1 atom stereocenters. The summed E-state index contributed by atoms with van der Waals surface area (Å²) < 4.78 is 26.6. The minimum absolute atomic E-state index is 0.113. The number of carboxylic acid groups (broad SMARTS) is 1. The van der Waals surface area contributed by atoms with E-state index in [2.05, 4.69) is 4.72 Å². The highest BCUT2D eigenvalue weighted by Crippen LogP contribution is 2.14. The normalized spacial score (nSPS) is 12.9. The molecule has 0 saturated carbocycles. The molecule has 2 N–H and O–H groups in total. The van der Waals surface area contributed by atoms with Crippen molar-refractivity contribution in [1.82, 2.24) is 4.72 Å². The van der Waals surface area contributed by atoms with Crippen molar-refractivity contribution in [2.45, 2.75) is 44.0 Å². The molecule has 0 fully saturated rings. The summed E-state index contributed by atoms with van der Waals surface area (Å²) >= 11 is 0. The fourth-order valence-electron chi connectivity index (χ4n) is 1.78. The lowest BCUT2D eigenvalue weighted by atomic mass is 10.1. The van der Waals surface area contributed by atoms with Gasteiger partial charge in [0.25, 0.3) is 0 Å². The van der Waals surface area contributed by atoms with E-state index in [9.17, 15) is 18.0 Å². The lowest BCUT2D eigenvalue weighted by molar-refractivity contribution is -0.139. The third kappa shape index (κ3) is 4.95. The molecule has 21 heavy (non-hydrogen) atoms. The number of carbonyl (C=O) groups is 2. The molecule has 0 saturated heterocycles. The van der Waals surface area contributed by atoms with E-state index in [0.29, 0.717) is 6.42 Å². The fraction of sp³-hybridized carbons (Fsp3) is 0.429. The molecule has 116 valence electrons. The summed E-state index contributed by atoms with van der Waals surface area (Å²) in [5.41, 5.74) is 0.262. The number of nitrogens with one attached hydrogen (secondary N) is 1. The molecule has 7 heteroatoms. The standard InChI is InChI=1S/C14H19NO5S/c1-3-4-8-13(14(17)18)15-21(19,20)12-7-5-6-11(9-12)10(2)16/h5-7,9,13,15H,3-4,8H2,1-2H3,(H,17,18)/t13-/m0/s1. The Morgan fingerprint density at radius 1 is 1.33 bits per heavy atom. The summed E-state index contributed by atoms with van der Waals surface area (Å²) in [5.74, 6) is -1.47. The van der Waals surface area contributed by atoms with Crippen molar-refractivity contribution in [3.8, 4) is 0 Å². The Balaban J connectivity index is 3.01. The average molecular weight is 313 g/mol. The molecule has 0 heterocycles. The predicted molar refractivity (Wildman–Crippen MR) is 77.7 cm³/mol. The molecular weight excluding hydrogens is 294 g/mol. The Morgan fingerprint density at radius 2 is 2.00 bits per heavy atom. The second kappa shape index (κ2) is 7.33. The van der Waals surface area contributed by atoms with E-state index in [1.54, 1.807) is 0 Å². The Bertz CT molecular complexity index is 624. The summed E-state index contributed by atoms with van der Waals surface area (Å²) in [5, 5.41) is 9.07. The zero-order valence-electron chi connectivity index (χ0n) is 12.0. The van der Waals surface area contributed by atoms with Crippen molar-refractivity contribution in [1.29, 1.82) is 0 Å². The van der Waals surface area contributed by atoms with Crippen molar-refractivity contribution < 1.29 is 23.1 Å². The first-order valence-electron chi connectivity index (χ1n) is 6.64. The molecule has 0 radical (unpaired) electrons. The lowest BCUT2D eigenvalue weighted by Gasteiger charge is -2.14. The topological polar surface area (TPSA) is 101 Å². The first-order valence-corrected chi connectivity index (χ1v) is 8.12. The molecule has 0 unspecified atom stereocenters. The molecule has 0 aliphatic heterocycles. The predicted octanol–water partition coefficient (Wildman–Crippen LogP) is 1.81. The first kappa shape index (κ1) is 17.3. The number of unbranched alkanes of at least 4 members (excludes halogenated alkanes) is 1. The lowest BCUT2D eigenvalue weighted by Crippen LogP contribution is -2.40. The molecule has 0 bridgehead atoms. The maximum atomic E-state index is 12.2. The first-order chi connectivity index (χ1) is 9.77. The summed E-state index contributed by atoms with van der Waals surface area (Å²) in [6.07, 6.45) is 1.59. The van der Waals surface area contributed by atoms with Gasteiger partial charge in [0.05, 0.1) is 4.90 Å². The number of hydrogen-bond acceptors (Lipinski definition) is 4. The molecule has 1 aromatic carbocycles. The van der Waals surface area contributed by atoms with E-state index in [0.717, 1.165) is 6.42 Å². The molecule has 1 rings (SSSR count). The van der Waals surface area contributed by atoms with Gasteiger partial charge in [-0.1, -0.05) is 31.9 Å². The van der Waals surface area contributed by atoms with E-state index in [4.69, 9.17) is 5.11 Å². The number of Topliss-reactive ketones (excluding diaryl/α,β-unsaturated/α-hetero) is 1. The van der Waals surface area contributed by atoms with Gasteiger partial charge in [0.1, 0.15) is 6.04 Å². The number of ketones is 1. The zero-order valence-corrected chi connectivity index (χ0v) is 12.8. The second-order valence-electron chi connectivity index (χ2n) is 4.74. The van der Waals surface area contributed by atoms with Crippen LogP contribution < -0.4 is 4.72 Å². The third-order valence-corrected chi connectivity index (χ3v) is 4.46. The molecular formula is C14H19NO5S. The minimum Gasteiger partial charge on any atom is -0.480 e. The average Bonchev–Trinajstić information content (AvgIpc) is 2.43. The quantitative estimate of drug-likeness (QED) is 0.713. The monoisotopic (exact) mass is 313 g/mol. The maximum Gasteiger partial charge on any atom is 0.321 e. The van der Waals surface area contributed by atoms with Crippen LogP contribution in [0, 0.1) is 0 Å².